The van der Waals surface area contributed by atoms with Gasteiger partial charge in [-0.05, 0) is 56.2 Å². The molecule has 0 saturated heterocycles. The second-order valence-corrected chi connectivity index (χ2v) is 10.8. The van der Waals surface area contributed by atoms with Gasteiger partial charge in [0.05, 0.1) is 23.8 Å². The van der Waals surface area contributed by atoms with Gasteiger partial charge in [0, 0.05) is 23.6 Å². The van der Waals surface area contributed by atoms with E-state index in [0.29, 0.717) is 12.1 Å². The molecule has 0 spiro atoms. The average Bonchev–Trinajstić information content (AvgIpc) is 2.90. The molecule has 3 N–H and O–H groups in total. The second-order valence-electron chi connectivity index (χ2n) is 9.80. The molecule has 1 rings (SSSR count). The molecule has 0 aliphatic rings. The Kier molecular flexibility index (Phi) is 20.4. The van der Waals surface area contributed by atoms with Gasteiger partial charge >= 0.3 is 5.97 Å². The Morgan fingerprint density at radius 1 is 1.05 bits per heavy atom. The number of halogens is 2. The van der Waals surface area contributed by atoms with Gasteiger partial charge in [0.2, 0.25) is 5.91 Å². The Bertz CT molecular complexity index is 976. The van der Waals surface area contributed by atoms with Gasteiger partial charge in [0.25, 0.3) is 5.91 Å². The highest BCUT2D eigenvalue weighted by Crippen LogP contribution is 2.32. The zero-order valence-corrected chi connectivity index (χ0v) is 27.6. The first kappa shape index (κ1) is 39.8. The van der Waals surface area contributed by atoms with Crippen LogP contribution in [0.1, 0.15) is 87.6 Å². The maximum Gasteiger partial charge on any atom is 0.328 e. The summed E-state index contributed by atoms with van der Waals surface area (Å²) in [5, 5.41) is 16.1. The lowest BCUT2D eigenvalue weighted by Gasteiger charge is -2.33. The fourth-order valence-electron chi connectivity index (χ4n) is 4.01. The fourth-order valence-corrected chi connectivity index (χ4v) is 4.48. The maximum absolute atomic E-state index is 12.6. The van der Waals surface area contributed by atoms with Crippen LogP contribution in [0.15, 0.2) is 46.0 Å². The summed E-state index contributed by atoms with van der Waals surface area (Å²) in [7, 11) is 1.27. The number of carbonyl (C=O) groups excluding carboxylic acids is 3. The summed E-state index contributed by atoms with van der Waals surface area (Å²) >= 11 is 12.1. The molecule has 0 aromatic heterocycles. The molecule has 1 aromatic rings. The van der Waals surface area contributed by atoms with Crippen molar-refractivity contribution in [3.63, 3.8) is 0 Å². The van der Waals surface area contributed by atoms with Gasteiger partial charge in [0.1, 0.15) is 6.04 Å². The van der Waals surface area contributed by atoms with Gasteiger partial charge in [-0.25, -0.2) is 4.79 Å². The summed E-state index contributed by atoms with van der Waals surface area (Å²) in [5.74, 6) is -1.36. The topological polar surface area (TPSA) is 105 Å². The van der Waals surface area contributed by atoms with Crippen LogP contribution in [0.3, 0.4) is 0 Å². The molecule has 3 atom stereocenters. The van der Waals surface area contributed by atoms with Crippen molar-refractivity contribution in [3.05, 3.63) is 51.5 Å². The summed E-state index contributed by atoms with van der Waals surface area (Å²) in [6.07, 6.45) is 1.91. The largest absolute Gasteiger partial charge is 0.467 e. The molecular weight excluding hydrogens is 551 g/mol. The van der Waals surface area contributed by atoms with Crippen LogP contribution in [0.5, 0.6) is 0 Å². The molecule has 0 heterocycles. The summed E-state index contributed by atoms with van der Waals surface area (Å²) in [5.41, 5.74) is 1.30. The van der Waals surface area contributed by atoms with Crippen molar-refractivity contribution in [3.8, 4) is 0 Å². The number of hydrogen-bond acceptors (Lipinski definition) is 5. The van der Waals surface area contributed by atoms with E-state index in [2.05, 4.69) is 10.6 Å². The minimum Gasteiger partial charge on any atom is -0.467 e. The van der Waals surface area contributed by atoms with E-state index in [1.165, 1.54) is 7.11 Å². The number of methoxy groups -OCH3 is 1. The normalized spacial score (nSPS) is 14.1. The van der Waals surface area contributed by atoms with E-state index in [-0.39, 0.29) is 45.7 Å². The predicted octanol–water partition coefficient (Wildman–Crippen LogP) is 7.36. The lowest BCUT2D eigenvalue weighted by Crippen LogP contribution is -2.43. The van der Waals surface area contributed by atoms with E-state index >= 15 is 0 Å². The van der Waals surface area contributed by atoms with Crippen LogP contribution in [0.4, 0.5) is 5.69 Å². The highest BCUT2D eigenvalue weighted by atomic mass is 35.5. The van der Waals surface area contributed by atoms with Crippen molar-refractivity contribution in [2.75, 3.05) is 12.4 Å². The first-order valence-electron chi connectivity index (χ1n) is 13.8. The van der Waals surface area contributed by atoms with Crippen LogP contribution in [0, 0.1) is 11.3 Å². The molecule has 3 unspecified atom stereocenters. The van der Waals surface area contributed by atoms with Gasteiger partial charge < -0.3 is 20.5 Å². The van der Waals surface area contributed by atoms with Gasteiger partial charge in [-0.2, -0.15) is 0 Å². The number of aliphatic hydroxyl groups is 1. The lowest BCUT2D eigenvalue weighted by molar-refractivity contribution is -0.145. The minimum absolute atomic E-state index is 0.0665. The fraction of sp³-hybridized carbons (Fsp3) is 0.581. The molecule has 0 saturated carbocycles. The van der Waals surface area contributed by atoms with Crippen LogP contribution in [0.2, 0.25) is 0 Å². The Morgan fingerprint density at radius 3 is 1.98 bits per heavy atom. The number of aliphatic hydroxyl groups excluding tert-OH is 1. The van der Waals surface area contributed by atoms with Gasteiger partial charge in [-0.15, -0.1) is 0 Å². The van der Waals surface area contributed by atoms with Crippen LogP contribution in [-0.4, -0.2) is 42.1 Å². The average molecular weight is 602 g/mol. The lowest BCUT2D eigenvalue weighted by atomic mass is 9.75. The molecule has 0 aliphatic heterocycles. The Balaban J connectivity index is 0. The van der Waals surface area contributed by atoms with E-state index in [1.54, 1.807) is 51.1 Å². The molecule has 40 heavy (non-hydrogen) atoms. The van der Waals surface area contributed by atoms with Crippen LogP contribution in [-0.2, 0) is 25.5 Å². The zero-order chi connectivity index (χ0) is 31.6. The number of hydrogen-bond donors (Lipinski definition) is 3. The predicted molar refractivity (Wildman–Crippen MR) is 167 cm³/mol. The number of amides is 2. The zero-order valence-electron chi connectivity index (χ0n) is 26.1. The van der Waals surface area contributed by atoms with Crippen molar-refractivity contribution in [2.45, 2.75) is 101 Å². The number of allylic oxidation sites excluding steroid dienone is 2. The molecule has 0 aliphatic carbocycles. The quantitative estimate of drug-likeness (QED) is 0.140. The number of rotatable bonds is 11. The number of nitrogens with one attached hydrogen (secondary N) is 2. The third-order valence-electron chi connectivity index (χ3n) is 5.91. The van der Waals surface area contributed by atoms with Gasteiger partial charge in [-0.1, -0.05) is 89.9 Å². The Hall–Kier alpha value is -2.35. The van der Waals surface area contributed by atoms with Crippen LogP contribution in [0.25, 0.3) is 0 Å². The number of esters is 1. The molecule has 9 heteroatoms. The van der Waals surface area contributed by atoms with E-state index in [9.17, 15) is 19.5 Å². The van der Waals surface area contributed by atoms with Crippen molar-refractivity contribution in [1.29, 1.82) is 0 Å². The van der Waals surface area contributed by atoms with Gasteiger partial charge in [-0.3, -0.25) is 9.59 Å². The third kappa shape index (κ3) is 14.3. The second kappa shape index (κ2) is 20.5. The third-order valence-corrected chi connectivity index (χ3v) is 6.51. The van der Waals surface area contributed by atoms with Crippen molar-refractivity contribution in [2.24, 2.45) is 11.3 Å². The summed E-state index contributed by atoms with van der Waals surface area (Å²) in [4.78, 5) is 37.5. The Morgan fingerprint density at radius 2 is 1.57 bits per heavy atom. The van der Waals surface area contributed by atoms with E-state index < -0.39 is 24.0 Å². The Labute approximate surface area is 251 Å². The highest BCUT2D eigenvalue weighted by molar-refractivity contribution is 6.40. The number of ether oxygens (including phenoxy) is 1. The van der Waals surface area contributed by atoms with Crippen molar-refractivity contribution < 1.29 is 24.2 Å². The molecule has 0 radical (unpaired) electrons. The molecule has 7 nitrogen and oxygen atoms in total. The van der Waals surface area contributed by atoms with Crippen molar-refractivity contribution in [1.82, 2.24) is 5.32 Å². The molecule has 2 amide bonds. The first-order chi connectivity index (χ1) is 18.7. The molecule has 228 valence electrons. The number of anilines is 1. The molecule has 0 fully saturated rings. The number of carbonyl (C=O) groups is 3. The molecule has 0 bridgehead atoms. The molecule has 1 aromatic carbocycles. The van der Waals surface area contributed by atoms with Crippen molar-refractivity contribution >= 4 is 46.7 Å². The molecular formula is C31H50Cl2N2O5. The van der Waals surface area contributed by atoms with E-state index in [4.69, 9.17) is 27.9 Å². The summed E-state index contributed by atoms with van der Waals surface area (Å²) < 4.78 is 4.88. The van der Waals surface area contributed by atoms with Crippen LogP contribution >= 0.6 is 23.2 Å². The minimum atomic E-state index is -0.871. The number of benzene rings is 1. The summed E-state index contributed by atoms with van der Waals surface area (Å²) in [6.45, 7) is 19.1. The summed E-state index contributed by atoms with van der Waals surface area (Å²) in [6, 6.07) is 5.99. The standard InChI is InChI=1S/C27H38Cl2N2O5.2C2H6/c1-8-21(29)24(16(2)28)25(34)30-19-11-9-18(10-12-19)15-22(26(35)36-7)31-23(33)14-13-20(17(3)32)27(4,5)6;2*1-2/h8-12,17,20,22,32H,13-15H2,1-7H3,(H,30,34)(H,31,33);2*1-2H3/b21-8+,24-16-;;. The first-order valence-corrected chi connectivity index (χ1v) is 14.6. The SMILES string of the molecule is C/C=C(Cl)\C(C(=O)Nc1ccc(CC(NC(=O)CCC(C(C)O)C(C)(C)C)C(=O)OC)cc1)=C(/C)Cl.CC.CC. The maximum atomic E-state index is 12.6. The monoisotopic (exact) mass is 600 g/mol. The highest BCUT2D eigenvalue weighted by Gasteiger charge is 2.30. The van der Waals surface area contributed by atoms with Gasteiger partial charge in [0.15, 0.2) is 0 Å². The van der Waals surface area contributed by atoms with Crippen LogP contribution < -0.4 is 10.6 Å². The van der Waals surface area contributed by atoms with E-state index in [1.807, 2.05) is 48.5 Å². The smallest absolute Gasteiger partial charge is 0.328 e. The van der Waals surface area contributed by atoms with E-state index in [0.717, 1.165) is 5.56 Å².